The summed E-state index contributed by atoms with van der Waals surface area (Å²) in [5.74, 6) is 0.315. The summed E-state index contributed by atoms with van der Waals surface area (Å²) in [4.78, 5) is 19.4. The summed E-state index contributed by atoms with van der Waals surface area (Å²) >= 11 is 5.87. The van der Waals surface area contributed by atoms with Crippen molar-refractivity contribution >= 4 is 34.6 Å². The third-order valence-electron chi connectivity index (χ3n) is 3.37. The fourth-order valence-electron chi connectivity index (χ4n) is 2.22. The van der Waals surface area contributed by atoms with E-state index in [9.17, 15) is 4.79 Å². The highest BCUT2D eigenvalue weighted by atomic mass is 35.5. The molecule has 3 aromatic rings. The molecule has 0 bridgehead atoms. The van der Waals surface area contributed by atoms with Gasteiger partial charge in [-0.15, -0.1) is 0 Å². The molecule has 3 rings (SSSR count). The zero-order valence-electron chi connectivity index (χ0n) is 12.6. The molecule has 2 aromatic carbocycles. The van der Waals surface area contributed by atoms with Crippen LogP contribution in [0.25, 0.3) is 11.0 Å². The molecule has 0 radical (unpaired) electrons. The van der Waals surface area contributed by atoms with Gasteiger partial charge in [0.1, 0.15) is 0 Å². The van der Waals surface area contributed by atoms with Gasteiger partial charge in [0.25, 0.3) is 0 Å². The molecule has 0 spiro atoms. The van der Waals surface area contributed by atoms with Crippen molar-refractivity contribution in [3.63, 3.8) is 0 Å². The number of carbonyl (C=O) groups excluding carboxylic acids is 1. The molecule has 0 fully saturated rings. The van der Waals surface area contributed by atoms with E-state index in [1.165, 1.54) is 0 Å². The maximum absolute atomic E-state index is 11.8. The van der Waals surface area contributed by atoms with E-state index in [0.29, 0.717) is 29.7 Å². The van der Waals surface area contributed by atoms with Gasteiger partial charge < -0.3 is 15.0 Å². The van der Waals surface area contributed by atoms with Gasteiger partial charge >= 0.3 is 5.97 Å². The van der Waals surface area contributed by atoms with Crippen LogP contribution in [0, 0.1) is 0 Å². The number of hydrogen-bond donors (Lipinski definition) is 2. The number of anilines is 1. The number of aromatic amines is 1. The van der Waals surface area contributed by atoms with E-state index in [4.69, 9.17) is 16.3 Å². The first-order valence-electron chi connectivity index (χ1n) is 7.31. The van der Waals surface area contributed by atoms with Crippen LogP contribution in [0.15, 0.2) is 42.5 Å². The molecule has 2 N–H and O–H groups in total. The Balaban J connectivity index is 1.74. The van der Waals surface area contributed by atoms with Crippen LogP contribution in [0.4, 0.5) is 5.95 Å². The number of ether oxygens (including phenoxy) is 1. The monoisotopic (exact) mass is 329 g/mol. The van der Waals surface area contributed by atoms with E-state index < -0.39 is 0 Å². The quantitative estimate of drug-likeness (QED) is 0.694. The molecule has 1 aromatic heterocycles. The summed E-state index contributed by atoms with van der Waals surface area (Å²) in [6.45, 7) is 2.76. The van der Waals surface area contributed by atoms with Crippen LogP contribution in [-0.2, 0) is 11.3 Å². The summed E-state index contributed by atoms with van der Waals surface area (Å²) in [5, 5.41) is 3.93. The number of benzene rings is 2. The van der Waals surface area contributed by atoms with Crippen LogP contribution in [0.5, 0.6) is 0 Å². The fourth-order valence-corrected chi connectivity index (χ4v) is 2.35. The first-order chi connectivity index (χ1) is 11.2. The molecule has 0 aliphatic rings. The highest BCUT2D eigenvalue weighted by Crippen LogP contribution is 2.18. The smallest absolute Gasteiger partial charge is 0.338 e. The van der Waals surface area contributed by atoms with E-state index >= 15 is 0 Å². The lowest BCUT2D eigenvalue weighted by Crippen LogP contribution is -2.04. The minimum absolute atomic E-state index is 0.334. The van der Waals surface area contributed by atoms with Gasteiger partial charge in [-0.1, -0.05) is 23.7 Å². The van der Waals surface area contributed by atoms with Gasteiger partial charge in [-0.3, -0.25) is 0 Å². The van der Waals surface area contributed by atoms with Crippen molar-refractivity contribution in [3.05, 3.63) is 58.6 Å². The van der Waals surface area contributed by atoms with Gasteiger partial charge in [0.15, 0.2) is 0 Å². The van der Waals surface area contributed by atoms with Crippen molar-refractivity contribution in [2.75, 3.05) is 11.9 Å². The molecular weight excluding hydrogens is 314 g/mol. The predicted octanol–water partition coefficient (Wildman–Crippen LogP) is 4.01. The van der Waals surface area contributed by atoms with E-state index in [1.54, 1.807) is 25.1 Å². The Labute approximate surface area is 138 Å². The van der Waals surface area contributed by atoms with Crippen molar-refractivity contribution in [1.82, 2.24) is 9.97 Å². The largest absolute Gasteiger partial charge is 0.462 e. The van der Waals surface area contributed by atoms with Crippen LogP contribution < -0.4 is 5.32 Å². The average Bonchev–Trinajstić information content (AvgIpc) is 2.96. The zero-order valence-corrected chi connectivity index (χ0v) is 13.4. The number of imidazole rings is 1. The van der Waals surface area contributed by atoms with Gasteiger partial charge in [0.2, 0.25) is 5.95 Å². The number of hydrogen-bond acceptors (Lipinski definition) is 4. The molecule has 0 aliphatic carbocycles. The lowest BCUT2D eigenvalue weighted by Gasteiger charge is -2.02. The van der Waals surface area contributed by atoms with E-state index in [0.717, 1.165) is 16.6 Å². The van der Waals surface area contributed by atoms with Crippen LogP contribution in [0.2, 0.25) is 5.02 Å². The maximum Gasteiger partial charge on any atom is 0.338 e. The Bertz CT molecular complexity index is 827. The fraction of sp³-hybridized carbons (Fsp3) is 0.176. The Morgan fingerprint density at radius 3 is 2.78 bits per heavy atom. The first kappa shape index (κ1) is 15.4. The van der Waals surface area contributed by atoms with Gasteiger partial charge in [0, 0.05) is 11.6 Å². The number of halogens is 1. The first-order valence-corrected chi connectivity index (χ1v) is 7.68. The highest BCUT2D eigenvalue weighted by molar-refractivity contribution is 6.30. The number of aromatic nitrogens is 2. The molecule has 6 heteroatoms. The summed E-state index contributed by atoms with van der Waals surface area (Å²) < 4.78 is 5.00. The summed E-state index contributed by atoms with van der Waals surface area (Å²) in [6.07, 6.45) is 0. The number of nitrogens with zero attached hydrogens (tertiary/aromatic N) is 1. The lowest BCUT2D eigenvalue weighted by molar-refractivity contribution is 0.0526. The van der Waals surface area contributed by atoms with Gasteiger partial charge in [-0.25, -0.2) is 9.78 Å². The van der Waals surface area contributed by atoms with Crippen LogP contribution >= 0.6 is 11.6 Å². The van der Waals surface area contributed by atoms with Crippen molar-refractivity contribution in [1.29, 1.82) is 0 Å². The van der Waals surface area contributed by atoms with E-state index in [2.05, 4.69) is 15.3 Å². The molecule has 0 unspecified atom stereocenters. The van der Waals surface area contributed by atoms with Gasteiger partial charge in [-0.05, 0) is 42.8 Å². The number of fused-ring (bicyclic) bond motifs is 1. The van der Waals surface area contributed by atoms with Crippen LogP contribution in [0.3, 0.4) is 0 Å². The van der Waals surface area contributed by atoms with E-state index in [-0.39, 0.29) is 5.97 Å². The van der Waals surface area contributed by atoms with Crippen molar-refractivity contribution in [3.8, 4) is 0 Å². The Kier molecular flexibility index (Phi) is 4.48. The molecule has 1 heterocycles. The molecule has 0 amide bonds. The number of rotatable bonds is 5. The third-order valence-corrected chi connectivity index (χ3v) is 3.62. The van der Waals surface area contributed by atoms with Gasteiger partial charge in [-0.2, -0.15) is 0 Å². The number of esters is 1. The topological polar surface area (TPSA) is 67.0 Å². The van der Waals surface area contributed by atoms with Crippen LogP contribution in [-0.4, -0.2) is 22.5 Å². The molecule has 0 atom stereocenters. The normalized spacial score (nSPS) is 10.7. The van der Waals surface area contributed by atoms with Crippen LogP contribution in [0.1, 0.15) is 22.8 Å². The van der Waals surface area contributed by atoms with Crippen molar-refractivity contribution < 1.29 is 9.53 Å². The average molecular weight is 330 g/mol. The summed E-state index contributed by atoms with van der Waals surface area (Å²) in [6, 6.07) is 12.9. The Morgan fingerprint density at radius 1 is 1.26 bits per heavy atom. The lowest BCUT2D eigenvalue weighted by atomic mass is 10.2. The summed E-state index contributed by atoms with van der Waals surface area (Å²) in [7, 11) is 0. The Hall–Kier alpha value is -2.53. The maximum atomic E-state index is 11.8. The molecule has 0 saturated carbocycles. The number of carbonyl (C=O) groups is 1. The van der Waals surface area contributed by atoms with Crippen molar-refractivity contribution in [2.24, 2.45) is 0 Å². The number of H-pyrrole nitrogens is 1. The SMILES string of the molecule is CCOC(=O)c1ccc2nc(NCc3ccc(Cl)cc3)[nH]c2c1. The standard InChI is InChI=1S/C17H16ClN3O2/c1-2-23-16(22)12-5-8-14-15(9-12)21-17(20-14)19-10-11-3-6-13(18)7-4-11/h3-9H,2,10H2,1H3,(H2,19,20,21). The Morgan fingerprint density at radius 2 is 2.04 bits per heavy atom. The van der Waals surface area contributed by atoms with E-state index in [1.807, 2.05) is 24.3 Å². The second kappa shape index (κ2) is 6.71. The molecular formula is C17H16ClN3O2. The zero-order chi connectivity index (χ0) is 16.2. The molecule has 5 nitrogen and oxygen atoms in total. The molecule has 0 aliphatic heterocycles. The molecule has 118 valence electrons. The van der Waals surface area contributed by atoms with Crippen molar-refractivity contribution in [2.45, 2.75) is 13.5 Å². The third kappa shape index (κ3) is 3.63. The predicted molar refractivity (Wildman–Crippen MR) is 90.8 cm³/mol. The number of nitrogens with one attached hydrogen (secondary N) is 2. The minimum Gasteiger partial charge on any atom is -0.462 e. The second-order valence-electron chi connectivity index (χ2n) is 5.02. The molecule has 0 saturated heterocycles. The minimum atomic E-state index is -0.334. The summed E-state index contributed by atoms with van der Waals surface area (Å²) in [5.41, 5.74) is 3.18. The highest BCUT2D eigenvalue weighted by Gasteiger charge is 2.09. The molecule has 23 heavy (non-hydrogen) atoms. The second-order valence-corrected chi connectivity index (χ2v) is 5.45. The van der Waals surface area contributed by atoms with Gasteiger partial charge in [0.05, 0.1) is 23.2 Å².